The summed E-state index contributed by atoms with van der Waals surface area (Å²) in [6, 6.07) is 15.9. The number of benzene rings is 2. The van der Waals surface area contributed by atoms with Crippen LogP contribution in [0, 0.1) is 6.92 Å². The number of hydrogen-bond acceptors (Lipinski definition) is 5. The summed E-state index contributed by atoms with van der Waals surface area (Å²) < 4.78 is 7.13. The van der Waals surface area contributed by atoms with Gasteiger partial charge in [-0.15, -0.1) is 0 Å². The van der Waals surface area contributed by atoms with E-state index >= 15 is 0 Å². The largest absolute Gasteiger partial charge is 0.497 e. The lowest BCUT2D eigenvalue weighted by atomic mass is 9.81. The quantitative estimate of drug-likeness (QED) is 0.558. The van der Waals surface area contributed by atoms with E-state index in [9.17, 15) is 4.79 Å². The summed E-state index contributed by atoms with van der Waals surface area (Å²) in [5, 5.41) is 5.21. The molecule has 1 aliphatic carbocycles. The molecule has 0 saturated heterocycles. The fourth-order valence-electron chi connectivity index (χ4n) is 4.21. The van der Waals surface area contributed by atoms with Crippen molar-refractivity contribution in [3.05, 3.63) is 77.1 Å². The van der Waals surface area contributed by atoms with Gasteiger partial charge in [0.2, 0.25) is 0 Å². The molecule has 1 atom stereocenters. The number of carbonyl (C=O) groups excluding carboxylic acids is 1. The molecule has 4 aromatic rings. The molecule has 6 nitrogen and oxygen atoms in total. The molecule has 0 bridgehead atoms. The number of Topliss-reactive ketones (excluding diaryl/α,β-unsaturated/α-hetero) is 1. The lowest BCUT2D eigenvalue weighted by molar-refractivity contribution is 0.0964. The predicted octanol–water partition coefficient (Wildman–Crippen LogP) is 4.23. The first kappa shape index (κ1) is 18.4. The van der Waals surface area contributed by atoms with Crippen LogP contribution < -0.4 is 10.5 Å². The van der Waals surface area contributed by atoms with Crippen LogP contribution in [-0.2, 0) is 6.42 Å². The molecule has 0 saturated carbocycles. The van der Waals surface area contributed by atoms with Gasteiger partial charge in [0.15, 0.2) is 11.4 Å². The van der Waals surface area contributed by atoms with Crippen LogP contribution in [0.5, 0.6) is 5.75 Å². The van der Waals surface area contributed by atoms with Crippen molar-refractivity contribution in [1.82, 2.24) is 14.8 Å². The summed E-state index contributed by atoms with van der Waals surface area (Å²) in [5.41, 5.74) is 12.0. The summed E-state index contributed by atoms with van der Waals surface area (Å²) in [6.45, 7) is 2.04. The number of nitrogen functional groups attached to an aromatic ring is 1. The van der Waals surface area contributed by atoms with Crippen LogP contribution in [-0.4, -0.2) is 27.7 Å². The summed E-state index contributed by atoms with van der Waals surface area (Å²) in [5.74, 6) is 0.852. The first-order valence-corrected chi connectivity index (χ1v) is 9.95. The van der Waals surface area contributed by atoms with Crippen LogP contribution in [0.3, 0.4) is 0 Å². The number of ether oxygens (including phenoxy) is 1. The van der Waals surface area contributed by atoms with E-state index in [1.54, 1.807) is 18.0 Å². The van der Waals surface area contributed by atoms with Gasteiger partial charge in [0, 0.05) is 6.42 Å². The molecule has 30 heavy (non-hydrogen) atoms. The van der Waals surface area contributed by atoms with E-state index in [4.69, 9.17) is 15.5 Å². The van der Waals surface area contributed by atoms with E-state index in [1.165, 1.54) is 5.56 Å². The second-order valence-electron chi connectivity index (χ2n) is 7.78. The third-order valence-electron chi connectivity index (χ3n) is 5.83. The number of methoxy groups -OCH3 is 1. The Morgan fingerprint density at radius 3 is 2.70 bits per heavy atom. The zero-order valence-electron chi connectivity index (χ0n) is 16.9. The third kappa shape index (κ3) is 2.92. The topological polar surface area (TPSA) is 83.0 Å². The molecule has 5 rings (SSSR count). The van der Waals surface area contributed by atoms with Gasteiger partial charge in [-0.25, -0.2) is 9.67 Å². The number of fused-ring (bicyclic) bond motifs is 2. The molecule has 0 amide bonds. The van der Waals surface area contributed by atoms with Crippen LogP contribution in [0.25, 0.3) is 16.7 Å². The average Bonchev–Trinajstić information content (AvgIpc) is 3.18. The van der Waals surface area contributed by atoms with Crippen molar-refractivity contribution >= 4 is 22.5 Å². The first-order valence-electron chi connectivity index (χ1n) is 9.95. The fourth-order valence-corrected chi connectivity index (χ4v) is 4.21. The Kier molecular flexibility index (Phi) is 4.28. The Labute approximate surface area is 174 Å². The molecule has 2 heterocycles. The van der Waals surface area contributed by atoms with E-state index in [0.29, 0.717) is 35.1 Å². The molecule has 0 spiro atoms. The first-order chi connectivity index (χ1) is 14.5. The van der Waals surface area contributed by atoms with Crippen molar-refractivity contribution in [3.63, 3.8) is 0 Å². The molecule has 2 N–H and O–H groups in total. The number of aryl methyl sites for hydroxylation is 1. The number of nitrogens with zero attached hydrogens (tertiary/aromatic N) is 3. The van der Waals surface area contributed by atoms with E-state index < -0.39 is 0 Å². The Bertz CT molecular complexity index is 1270. The minimum absolute atomic E-state index is 0.0269. The summed E-state index contributed by atoms with van der Waals surface area (Å²) in [4.78, 5) is 17.9. The Hall–Kier alpha value is -3.67. The highest BCUT2D eigenvalue weighted by molar-refractivity contribution is 6.09. The van der Waals surface area contributed by atoms with Gasteiger partial charge in [-0.1, -0.05) is 29.8 Å². The lowest BCUT2D eigenvalue weighted by Crippen LogP contribution is -2.22. The van der Waals surface area contributed by atoms with Gasteiger partial charge < -0.3 is 10.5 Å². The smallest absolute Gasteiger partial charge is 0.167 e. The third-order valence-corrected chi connectivity index (χ3v) is 5.83. The van der Waals surface area contributed by atoms with Gasteiger partial charge >= 0.3 is 0 Å². The molecule has 2 aromatic heterocycles. The highest BCUT2D eigenvalue weighted by Gasteiger charge is 2.31. The second kappa shape index (κ2) is 6.99. The van der Waals surface area contributed by atoms with Crippen LogP contribution >= 0.6 is 0 Å². The van der Waals surface area contributed by atoms with Crippen molar-refractivity contribution in [3.8, 4) is 11.4 Å². The number of ketones is 1. The van der Waals surface area contributed by atoms with Crippen LogP contribution in [0.2, 0.25) is 0 Å². The SMILES string of the molecule is COc1cccc([C@@H]2CC(=O)c3c(nc4c(cnn4-c4ccc(C)cc4)c3N)C2)c1. The van der Waals surface area contributed by atoms with Gasteiger partial charge in [-0.3, -0.25) is 4.79 Å². The number of carbonyl (C=O) groups is 1. The zero-order chi connectivity index (χ0) is 20.8. The van der Waals surface area contributed by atoms with E-state index in [0.717, 1.165) is 22.7 Å². The number of hydrogen-bond donors (Lipinski definition) is 1. The molecule has 0 fully saturated rings. The van der Waals surface area contributed by atoms with Crippen molar-refractivity contribution in [2.24, 2.45) is 0 Å². The number of nitrogens with two attached hydrogens (primary N) is 1. The maximum Gasteiger partial charge on any atom is 0.167 e. The molecular weight excluding hydrogens is 376 g/mol. The molecule has 2 aromatic carbocycles. The van der Waals surface area contributed by atoms with Gasteiger partial charge in [-0.05, 0) is 49.1 Å². The van der Waals surface area contributed by atoms with Crippen molar-refractivity contribution in [2.75, 3.05) is 12.8 Å². The van der Waals surface area contributed by atoms with E-state index in [1.807, 2.05) is 55.5 Å². The monoisotopic (exact) mass is 398 g/mol. The van der Waals surface area contributed by atoms with Crippen LogP contribution in [0.1, 0.15) is 39.5 Å². The fraction of sp³-hybridized carbons (Fsp3) is 0.208. The van der Waals surface area contributed by atoms with Gasteiger partial charge in [0.05, 0.1) is 41.3 Å². The molecule has 1 aliphatic rings. The summed E-state index contributed by atoms with van der Waals surface area (Å²) in [6.07, 6.45) is 2.75. The molecule has 0 aliphatic heterocycles. The summed E-state index contributed by atoms with van der Waals surface area (Å²) >= 11 is 0. The van der Waals surface area contributed by atoms with Crippen LogP contribution in [0.4, 0.5) is 5.69 Å². The molecule has 150 valence electrons. The van der Waals surface area contributed by atoms with Crippen molar-refractivity contribution in [2.45, 2.75) is 25.7 Å². The molecule has 0 radical (unpaired) electrons. The van der Waals surface area contributed by atoms with Gasteiger partial charge in [0.25, 0.3) is 0 Å². The van der Waals surface area contributed by atoms with Gasteiger partial charge in [0.1, 0.15) is 5.75 Å². The standard InChI is InChI=1S/C24H22N4O2/c1-14-6-8-17(9-7-14)28-24-19(13-26-28)23(25)22-20(27-24)11-16(12-21(22)29)15-4-3-5-18(10-15)30-2/h3-10,13,16H,11-12H2,1-2H3,(H2,25,27)/t16-/m0/s1. The lowest BCUT2D eigenvalue weighted by Gasteiger charge is -2.25. The molecule has 6 heteroatoms. The highest BCUT2D eigenvalue weighted by Crippen LogP contribution is 2.38. The Balaban J connectivity index is 1.62. The van der Waals surface area contributed by atoms with Crippen molar-refractivity contribution < 1.29 is 9.53 Å². The average molecular weight is 398 g/mol. The van der Waals surface area contributed by atoms with Crippen molar-refractivity contribution in [1.29, 1.82) is 0 Å². The van der Waals surface area contributed by atoms with E-state index in [2.05, 4.69) is 5.10 Å². The van der Waals surface area contributed by atoms with Gasteiger partial charge in [-0.2, -0.15) is 5.10 Å². The maximum atomic E-state index is 13.0. The summed E-state index contributed by atoms with van der Waals surface area (Å²) in [7, 11) is 1.64. The number of aromatic nitrogens is 3. The normalized spacial score (nSPS) is 15.9. The maximum absolute atomic E-state index is 13.0. The minimum atomic E-state index is 0.0269. The predicted molar refractivity (Wildman–Crippen MR) is 116 cm³/mol. The number of anilines is 1. The molecule has 0 unspecified atom stereocenters. The highest BCUT2D eigenvalue weighted by atomic mass is 16.5. The number of pyridine rings is 1. The second-order valence-corrected chi connectivity index (χ2v) is 7.78. The van der Waals surface area contributed by atoms with Crippen LogP contribution in [0.15, 0.2) is 54.7 Å². The Morgan fingerprint density at radius 2 is 1.93 bits per heavy atom. The minimum Gasteiger partial charge on any atom is -0.497 e. The van der Waals surface area contributed by atoms with E-state index in [-0.39, 0.29) is 11.7 Å². The zero-order valence-corrected chi connectivity index (χ0v) is 16.9. The Morgan fingerprint density at radius 1 is 1.13 bits per heavy atom. The molecular formula is C24H22N4O2. The number of rotatable bonds is 3.